The number of anilines is 1. The fraction of sp³-hybridized carbons (Fsp3) is 0.462. The first-order chi connectivity index (χ1) is 16.2. The molecule has 0 unspecified atom stereocenters. The highest BCUT2D eigenvalue weighted by molar-refractivity contribution is 7.92. The first-order valence-electron chi connectivity index (χ1n) is 11.8. The van der Waals surface area contributed by atoms with Crippen molar-refractivity contribution in [3.8, 4) is 0 Å². The zero-order valence-corrected chi connectivity index (χ0v) is 21.5. The minimum absolute atomic E-state index is 0.209. The van der Waals surface area contributed by atoms with Gasteiger partial charge in [0.05, 0.1) is 11.9 Å². The number of unbranched alkanes of at least 4 members (excludes halogenated alkanes) is 1. The zero-order valence-electron chi connectivity index (χ0n) is 20.7. The molecule has 7 nitrogen and oxygen atoms in total. The van der Waals surface area contributed by atoms with Gasteiger partial charge in [0.1, 0.15) is 12.6 Å². The number of carbonyl (C=O) groups is 2. The Hall–Kier alpha value is -2.87. The van der Waals surface area contributed by atoms with E-state index in [1.54, 1.807) is 18.2 Å². The van der Waals surface area contributed by atoms with Gasteiger partial charge in [0.2, 0.25) is 21.8 Å². The highest BCUT2D eigenvalue weighted by Gasteiger charge is 2.31. The van der Waals surface area contributed by atoms with Crippen LogP contribution in [0.2, 0.25) is 0 Å². The van der Waals surface area contributed by atoms with Crippen LogP contribution in [-0.2, 0) is 26.0 Å². The molecule has 1 N–H and O–H groups in total. The lowest BCUT2D eigenvalue weighted by Gasteiger charge is -2.33. The predicted octanol–water partition coefficient (Wildman–Crippen LogP) is 3.53. The molecule has 0 aliphatic carbocycles. The quantitative estimate of drug-likeness (QED) is 0.438. The summed E-state index contributed by atoms with van der Waals surface area (Å²) in [5, 5.41) is 2.93. The third-order valence-electron chi connectivity index (χ3n) is 5.67. The number of nitrogens with zero attached hydrogens (tertiary/aromatic N) is 2. The number of hydrogen-bond acceptors (Lipinski definition) is 4. The third-order valence-corrected chi connectivity index (χ3v) is 6.81. The fourth-order valence-electron chi connectivity index (χ4n) is 3.80. The molecular weight excluding hydrogens is 450 g/mol. The monoisotopic (exact) mass is 487 g/mol. The van der Waals surface area contributed by atoms with Crippen LogP contribution in [-0.4, -0.2) is 57.1 Å². The molecule has 0 spiro atoms. The van der Waals surface area contributed by atoms with E-state index in [9.17, 15) is 18.0 Å². The Bertz CT molecular complexity index is 1040. The maximum atomic E-state index is 13.6. The molecule has 2 amide bonds. The summed E-state index contributed by atoms with van der Waals surface area (Å²) in [7, 11) is -3.72. The van der Waals surface area contributed by atoms with E-state index in [0.717, 1.165) is 34.5 Å². The van der Waals surface area contributed by atoms with Crippen LogP contribution in [0.3, 0.4) is 0 Å². The second-order valence-corrected chi connectivity index (χ2v) is 10.4. The van der Waals surface area contributed by atoms with Gasteiger partial charge < -0.3 is 10.2 Å². The molecule has 2 aromatic rings. The van der Waals surface area contributed by atoms with Crippen molar-refractivity contribution in [3.05, 3.63) is 65.7 Å². The Morgan fingerprint density at radius 2 is 1.74 bits per heavy atom. The van der Waals surface area contributed by atoms with E-state index in [0.29, 0.717) is 31.6 Å². The molecule has 0 aliphatic rings. The van der Waals surface area contributed by atoms with E-state index in [-0.39, 0.29) is 12.5 Å². The average molecular weight is 488 g/mol. The van der Waals surface area contributed by atoms with Crippen LogP contribution in [0.5, 0.6) is 0 Å². The number of amides is 2. The first-order valence-corrected chi connectivity index (χ1v) is 13.7. The number of hydrogen-bond donors (Lipinski definition) is 1. The second-order valence-electron chi connectivity index (χ2n) is 8.50. The molecule has 0 radical (unpaired) electrons. The van der Waals surface area contributed by atoms with E-state index in [1.807, 2.05) is 57.2 Å². The molecule has 2 aromatic carbocycles. The van der Waals surface area contributed by atoms with Crippen LogP contribution in [0.15, 0.2) is 54.6 Å². The highest BCUT2D eigenvalue weighted by atomic mass is 32.2. The summed E-state index contributed by atoms with van der Waals surface area (Å²) >= 11 is 0. The van der Waals surface area contributed by atoms with Gasteiger partial charge in [0, 0.05) is 13.1 Å². The van der Waals surface area contributed by atoms with Crippen molar-refractivity contribution in [2.24, 2.45) is 0 Å². The average Bonchev–Trinajstić information content (AvgIpc) is 2.80. The van der Waals surface area contributed by atoms with Gasteiger partial charge in [-0.3, -0.25) is 13.9 Å². The van der Waals surface area contributed by atoms with Crippen LogP contribution in [0.4, 0.5) is 5.69 Å². The Labute approximate surface area is 204 Å². The van der Waals surface area contributed by atoms with Gasteiger partial charge in [0.25, 0.3) is 0 Å². The molecule has 2 rings (SSSR count). The summed E-state index contributed by atoms with van der Waals surface area (Å²) in [6.45, 7) is 6.27. The maximum Gasteiger partial charge on any atom is 0.244 e. The molecule has 0 aromatic heterocycles. The predicted molar refractivity (Wildman–Crippen MR) is 137 cm³/mol. The smallest absolute Gasteiger partial charge is 0.244 e. The van der Waals surface area contributed by atoms with Crippen LogP contribution in [0.1, 0.15) is 44.2 Å². The maximum absolute atomic E-state index is 13.6. The molecule has 0 saturated heterocycles. The van der Waals surface area contributed by atoms with Gasteiger partial charge in [-0.25, -0.2) is 8.42 Å². The van der Waals surface area contributed by atoms with Gasteiger partial charge in [0.15, 0.2) is 0 Å². The summed E-state index contributed by atoms with van der Waals surface area (Å²) in [5.74, 6) is -0.612. The number of rotatable bonds is 13. The first kappa shape index (κ1) is 27.4. The third kappa shape index (κ3) is 8.17. The van der Waals surface area contributed by atoms with Crippen LogP contribution in [0, 0.1) is 6.92 Å². The van der Waals surface area contributed by atoms with Gasteiger partial charge in [-0.2, -0.15) is 0 Å². The lowest BCUT2D eigenvalue weighted by atomic mass is 10.1. The zero-order chi connectivity index (χ0) is 25.1. The lowest BCUT2D eigenvalue weighted by Crippen LogP contribution is -2.53. The van der Waals surface area contributed by atoms with E-state index in [1.165, 1.54) is 4.90 Å². The van der Waals surface area contributed by atoms with E-state index < -0.39 is 22.0 Å². The topological polar surface area (TPSA) is 86.8 Å². The SMILES string of the molecule is CCCCNC(=O)[C@H](CC)N(CCc1ccccc1)C(=O)CN(c1cccc(C)c1)S(C)(=O)=O. The molecule has 1 atom stereocenters. The van der Waals surface area contributed by atoms with Crippen molar-refractivity contribution in [2.75, 3.05) is 30.2 Å². The normalized spacial score (nSPS) is 12.1. The molecule has 0 fully saturated rings. The van der Waals surface area contributed by atoms with Crippen molar-refractivity contribution >= 4 is 27.5 Å². The Balaban J connectivity index is 2.32. The summed E-state index contributed by atoms with van der Waals surface area (Å²) in [6, 6.07) is 16.1. The van der Waals surface area contributed by atoms with E-state index in [4.69, 9.17) is 0 Å². The molecule has 8 heteroatoms. The van der Waals surface area contributed by atoms with Gasteiger partial charge >= 0.3 is 0 Å². The van der Waals surface area contributed by atoms with Crippen molar-refractivity contribution in [2.45, 2.75) is 52.5 Å². The summed E-state index contributed by atoms with van der Waals surface area (Å²) in [6.07, 6.45) is 3.89. The summed E-state index contributed by atoms with van der Waals surface area (Å²) < 4.78 is 26.3. The van der Waals surface area contributed by atoms with Crippen molar-refractivity contribution in [1.82, 2.24) is 10.2 Å². The fourth-order valence-corrected chi connectivity index (χ4v) is 4.64. The number of benzene rings is 2. The number of carbonyl (C=O) groups excluding carboxylic acids is 2. The standard InChI is InChI=1S/C26H37N3O4S/c1-5-7-17-27-26(31)24(6-2)28(18-16-22-13-9-8-10-14-22)25(30)20-29(34(4,32)33)23-15-11-12-21(3)19-23/h8-15,19,24H,5-7,16-18,20H2,1-4H3,(H,27,31)/t24-/m0/s1. The Kier molecular flexibility index (Phi) is 10.6. The minimum Gasteiger partial charge on any atom is -0.354 e. The van der Waals surface area contributed by atoms with Crippen molar-refractivity contribution in [3.63, 3.8) is 0 Å². The molecule has 0 heterocycles. The van der Waals surface area contributed by atoms with Crippen LogP contribution >= 0.6 is 0 Å². The van der Waals surface area contributed by atoms with Crippen molar-refractivity contribution < 1.29 is 18.0 Å². The van der Waals surface area contributed by atoms with Gasteiger partial charge in [-0.05, 0) is 49.4 Å². The molecule has 0 saturated carbocycles. The second kappa shape index (κ2) is 13.1. The lowest BCUT2D eigenvalue weighted by molar-refractivity contribution is -0.139. The Morgan fingerprint density at radius 1 is 1.03 bits per heavy atom. The number of nitrogens with one attached hydrogen (secondary N) is 1. The van der Waals surface area contributed by atoms with Gasteiger partial charge in [-0.15, -0.1) is 0 Å². The van der Waals surface area contributed by atoms with E-state index in [2.05, 4.69) is 5.32 Å². The molecular formula is C26H37N3O4S. The highest BCUT2D eigenvalue weighted by Crippen LogP contribution is 2.20. The summed E-state index contributed by atoms with van der Waals surface area (Å²) in [4.78, 5) is 28.1. The molecule has 0 bridgehead atoms. The van der Waals surface area contributed by atoms with E-state index >= 15 is 0 Å². The largest absolute Gasteiger partial charge is 0.354 e. The van der Waals surface area contributed by atoms with Crippen LogP contribution < -0.4 is 9.62 Å². The Morgan fingerprint density at radius 3 is 2.32 bits per heavy atom. The molecule has 0 aliphatic heterocycles. The van der Waals surface area contributed by atoms with Crippen molar-refractivity contribution in [1.29, 1.82) is 0 Å². The van der Waals surface area contributed by atoms with Gasteiger partial charge in [-0.1, -0.05) is 62.7 Å². The number of aryl methyl sites for hydroxylation is 1. The minimum atomic E-state index is -3.72. The van der Waals surface area contributed by atoms with Crippen LogP contribution in [0.25, 0.3) is 0 Å². The molecule has 186 valence electrons. The number of sulfonamides is 1. The molecule has 34 heavy (non-hydrogen) atoms. The summed E-state index contributed by atoms with van der Waals surface area (Å²) in [5.41, 5.74) is 2.36.